The zero-order valence-electron chi connectivity index (χ0n) is 10.0. The van der Waals surface area contributed by atoms with Crippen LogP contribution in [0.5, 0.6) is 0 Å². The third-order valence-electron chi connectivity index (χ3n) is 2.14. The van der Waals surface area contributed by atoms with Crippen molar-refractivity contribution in [3.63, 3.8) is 0 Å². The first-order valence-electron chi connectivity index (χ1n) is 5.40. The van der Waals surface area contributed by atoms with Crippen molar-refractivity contribution < 1.29 is 8.42 Å². The Kier molecular flexibility index (Phi) is 6.80. The molecular weight excluding hydrogens is 234 g/mol. The summed E-state index contributed by atoms with van der Waals surface area (Å²) in [5.74, 6) is 0.543. The standard InChI is InChI=1S/C10H22ClNO2S/c1-5-6-12(9(2)3)15(13,14)8-10(4)7-11/h9-10H,5-8H2,1-4H3. The van der Waals surface area contributed by atoms with Crippen LogP contribution in [0.3, 0.4) is 0 Å². The molecule has 0 aromatic heterocycles. The van der Waals surface area contributed by atoms with Crippen LogP contribution in [0.25, 0.3) is 0 Å². The Balaban J connectivity index is 4.64. The van der Waals surface area contributed by atoms with Crippen molar-refractivity contribution in [1.82, 2.24) is 4.31 Å². The lowest BCUT2D eigenvalue weighted by Crippen LogP contribution is -2.40. The molecule has 0 saturated heterocycles. The van der Waals surface area contributed by atoms with Crippen molar-refractivity contribution >= 4 is 21.6 Å². The van der Waals surface area contributed by atoms with E-state index in [1.165, 1.54) is 0 Å². The van der Waals surface area contributed by atoms with Gasteiger partial charge in [-0.05, 0) is 26.2 Å². The maximum Gasteiger partial charge on any atom is 0.214 e. The van der Waals surface area contributed by atoms with E-state index >= 15 is 0 Å². The molecule has 0 amide bonds. The van der Waals surface area contributed by atoms with Crippen LogP contribution >= 0.6 is 11.6 Å². The van der Waals surface area contributed by atoms with Crippen LogP contribution in [0.4, 0.5) is 0 Å². The Hall–Kier alpha value is 0.200. The molecule has 0 aromatic rings. The molecule has 3 nitrogen and oxygen atoms in total. The smallest absolute Gasteiger partial charge is 0.212 e. The predicted molar refractivity (Wildman–Crippen MR) is 65.8 cm³/mol. The van der Waals surface area contributed by atoms with Gasteiger partial charge < -0.3 is 0 Å². The van der Waals surface area contributed by atoms with Gasteiger partial charge in [0.05, 0.1) is 5.75 Å². The summed E-state index contributed by atoms with van der Waals surface area (Å²) in [4.78, 5) is 0. The molecule has 0 aromatic carbocycles. The van der Waals surface area contributed by atoms with Gasteiger partial charge in [-0.3, -0.25) is 0 Å². The van der Waals surface area contributed by atoms with Gasteiger partial charge in [-0.1, -0.05) is 13.8 Å². The number of alkyl halides is 1. The quantitative estimate of drug-likeness (QED) is 0.655. The first-order valence-corrected chi connectivity index (χ1v) is 7.55. The van der Waals surface area contributed by atoms with Crippen molar-refractivity contribution in [3.8, 4) is 0 Å². The number of nitrogens with zero attached hydrogens (tertiary/aromatic N) is 1. The fourth-order valence-corrected chi connectivity index (χ4v) is 3.81. The molecule has 0 rings (SSSR count). The van der Waals surface area contributed by atoms with Crippen LogP contribution in [-0.2, 0) is 10.0 Å². The van der Waals surface area contributed by atoms with Crippen molar-refractivity contribution in [2.24, 2.45) is 5.92 Å². The minimum Gasteiger partial charge on any atom is -0.212 e. The molecule has 0 heterocycles. The Morgan fingerprint density at radius 2 is 1.80 bits per heavy atom. The molecule has 0 N–H and O–H groups in total. The molecule has 0 aliphatic heterocycles. The fourth-order valence-electron chi connectivity index (χ4n) is 1.44. The molecule has 0 aliphatic rings. The molecule has 0 saturated carbocycles. The highest BCUT2D eigenvalue weighted by molar-refractivity contribution is 7.89. The normalized spacial score (nSPS) is 14.9. The van der Waals surface area contributed by atoms with Crippen LogP contribution in [0.15, 0.2) is 0 Å². The van der Waals surface area contributed by atoms with Gasteiger partial charge in [-0.15, -0.1) is 11.6 Å². The number of sulfonamides is 1. The summed E-state index contributed by atoms with van der Waals surface area (Å²) < 4.78 is 25.6. The highest BCUT2D eigenvalue weighted by Gasteiger charge is 2.25. The van der Waals surface area contributed by atoms with E-state index < -0.39 is 10.0 Å². The maximum atomic E-state index is 12.0. The molecule has 1 atom stereocenters. The topological polar surface area (TPSA) is 37.4 Å². The molecule has 0 aliphatic carbocycles. The Morgan fingerprint density at radius 1 is 1.27 bits per heavy atom. The number of hydrogen-bond donors (Lipinski definition) is 0. The van der Waals surface area contributed by atoms with Gasteiger partial charge in [-0.2, -0.15) is 4.31 Å². The number of rotatable bonds is 7. The predicted octanol–water partition coefficient (Wildman–Crippen LogP) is 2.31. The van der Waals surface area contributed by atoms with E-state index in [9.17, 15) is 8.42 Å². The molecule has 0 spiro atoms. The molecular formula is C10H22ClNO2S. The Morgan fingerprint density at radius 3 is 2.13 bits per heavy atom. The Labute approximate surface area is 98.8 Å². The highest BCUT2D eigenvalue weighted by Crippen LogP contribution is 2.12. The molecule has 5 heteroatoms. The van der Waals surface area contributed by atoms with Gasteiger partial charge in [-0.25, -0.2) is 8.42 Å². The molecule has 15 heavy (non-hydrogen) atoms. The second kappa shape index (κ2) is 6.71. The zero-order valence-corrected chi connectivity index (χ0v) is 11.6. The van der Waals surface area contributed by atoms with Crippen molar-refractivity contribution in [3.05, 3.63) is 0 Å². The van der Waals surface area contributed by atoms with Gasteiger partial charge in [0.15, 0.2) is 0 Å². The summed E-state index contributed by atoms with van der Waals surface area (Å²) in [6, 6.07) is 0.0254. The fraction of sp³-hybridized carbons (Fsp3) is 1.00. The molecule has 0 fully saturated rings. The molecule has 0 radical (unpaired) electrons. The van der Waals surface area contributed by atoms with Gasteiger partial charge in [0.1, 0.15) is 0 Å². The van der Waals surface area contributed by atoms with E-state index in [0.717, 1.165) is 6.42 Å². The van der Waals surface area contributed by atoms with Gasteiger partial charge in [0, 0.05) is 18.5 Å². The van der Waals surface area contributed by atoms with E-state index in [-0.39, 0.29) is 17.7 Å². The van der Waals surface area contributed by atoms with Crippen LogP contribution in [-0.4, -0.2) is 36.9 Å². The molecule has 92 valence electrons. The van der Waals surface area contributed by atoms with Crippen LogP contribution in [0, 0.1) is 5.92 Å². The average molecular weight is 256 g/mol. The largest absolute Gasteiger partial charge is 0.214 e. The van der Waals surface area contributed by atoms with Crippen LogP contribution in [0.1, 0.15) is 34.1 Å². The lowest BCUT2D eigenvalue weighted by molar-refractivity contribution is 0.351. The molecule has 1 unspecified atom stereocenters. The average Bonchev–Trinajstić information content (AvgIpc) is 2.12. The summed E-state index contributed by atoms with van der Waals surface area (Å²) in [6.45, 7) is 8.23. The number of halogens is 1. The minimum absolute atomic E-state index is 0.00905. The van der Waals surface area contributed by atoms with Crippen molar-refractivity contribution in [1.29, 1.82) is 0 Å². The van der Waals surface area contributed by atoms with Gasteiger partial charge >= 0.3 is 0 Å². The first-order chi connectivity index (χ1) is 6.85. The van der Waals surface area contributed by atoms with Crippen molar-refractivity contribution in [2.45, 2.75) is 40.2 Å². The monoisotopic (exact) mass is 255 g/mol. The summed E-state index contributed by atoms with van der Waals surface area (Å²) in [6.07, 6.45) is 0.840. The van der Waals surface area contributed by atoms with Gasteiger partial charge in [0.2, 0.25) is 10.0 Å². The van der Waals surface area contributed by atoms with Crippen LogP contribution in [0.2, 0.25) is 0 Å². The maximum absolute atomic E-state index is 12.0. The first kappa shape index (κ1) is 15.2. The van der Waals surface area contributed by atoms with Gasteiger partial charge in [0.25, 0.3) is 0 Å². The van der Waals surface area contributed by atoms with E-state index in [4.69, 9.17) is 11.6 Å². The molecule has 0 bridgehead atoms. The highest BCUT2D eigenvalue weighted by atomic mass is 35.5. The lowest BCUT2D eigenvalue weighted by Gasteiger charge is -2.26. The second-order valence-electron chi connectivity index (χ2n) is 4.24. The lowest BCUT2D eigenvalue weighted by atomic mass is 10.3. The van der Waals surface area contributed by atoms with E-state index in [2.05, 4.69) is 0 Å². The zero-order chi connectivity index (χ0) is 12.1. The summed E-state index contributed by atoms with van der Waals surface area (Å²) in [5.41, 5.74) is 0. The summed E-state index contributed by atoms with van der Waals surface area (Å²) in [5, 5.41) is 0. The SMILES string of the molecule is CCCN(C(C)C)S(=O)(=O)CC(C)CCl. The number of hydrogen-bond acceptors (Lipinski definition) is 2. The van der Waals surface area contributed by atoms with Crippen molar-refractivity contribution in [2.75, 3.05) is 18.2 Å². The Bertz CT molecular complexity index is 265. The van der Waals surface area contributed by atoms with E-state index in [1.807, 2.05) is 27.7 Å². The van der Waals surface area contributed by atoms with E-state index in [1.54, 1.807) is 4.31 Å². The van der Waals surface area contributed by atoms with E-state index in [0.29, 0.717) is 12.4 Å². The summed E-state index contributed by atoms with van der Waals surface area (Å²) >= 11 is 5.64. The van der Waals surface area contributed by atoms with Crippen LogP contribution < -0.4 is 0 Å². The second-order valence-corrected chi connectivity index (χ2v) is 6.52. The minimum atomic E-state index is -3.15. The third kappa shape index (κ3) is 5.18. The third-order valence-corrected chi connectivity index (χ3v) is 4.97. The summed E-state index contributed by atoms with van der Waals surface area (Å²) in [7, 11) is -3.15.